The molecule has 1 aromatic heterocycles. The van der Waals surface area contributed by atoms with Gasteiger partial charge in [-0.05, 0) is 41.8 Å². The number of hydrogen-bond donors (Lipinski definition) is 1. The van der Waals surface area contributed by atoms with E-state index in [0.717, 1.165) is 32.6 Å². The van der Waals surface area contributed by atoms with Crippen molar-refractivity contribution in [1.29, 1.82) is 0 Å². The third kappa shape index (κ3) is 3.57. The van der Waals surface area contributed by atoms with Crippen LogP contribution in [0.25, 0.3) is 10.1 Å². The molecule has 0 bridgehead atoms. The van der Waals surface area contributed by atoms with Crippen molar-refractivity contribution in [3.63, 3.8) is 0 Å². The molecule has 0 amide bonds. The number of esters is 1. The Morgan fingerprint density at radius 2 is 1.73 bits per heavy atom. The zero-order chi connectivity index (χ0) is 21.3. The molecule has 0 aliphatic carbocycles. The standard InChI is InChI=1S/C25H23NO3S/c1-15-22(25(28)29-3)24(19-14-30-21-12-8-7-11-18(19)21)23(16(2)27)20(26-15)13-17-9-5-4-6-10-17/h4-12,14,24,26H,13H2,1-3H3. The summed E-state index contributed by atoms with van der Waals surface area (Å²) >= 11 is 1.62. The van der Waals surface area contributed by atoms with E-state index in [1.165, 1.54) is 7.11 Å². The van der Waals surface area contributed by atoms with E-state index >= 15 is 0 Å². The summed E-state index contributed by atoms with van der Waals surface area (Å²) in [5.74, 6) is -0.938. The highest BCUT2D eigenvalue weighted by Gasteiger charge is 2.37. The largest absolute Gasteiger partial charge is 0.466 e. The maximum Gasteiger partial charge on any atom is 0.336 e. The van der Waals surface area contributed by atoms with E-state index in [9.17, 15) is 9.59 Å². The molecule has 0 radical (unpaired) electrons. The molecular formula is C25H23NO3S. The summed E-state index contributed by atoms with van der Waals surface area (Å²) in [6.07, 6.45) is 0.583. The highest BCUT2D eigenvalue weighted by molar-refractivity contribution is 7.17. The third-order valence-corrected chi connectivity index (χ3v) is 6.46. The number of nitrogens with one attached hydrogen (secondary N) is 1. The first kappa shape index (κ1) is 20.1. The fourth-order valence-electron chi connectivity index (χ4n) is 4.17. The first-order valence-corrected chi connectivity index (χ1v) is 10.7. The molecular weight excluding hydrogens is 394 g/mol. The van der Waals surface area contributed by atoms with Gasteiger partial charge in [0.15, 0.2) is 5.78 Å². The Balaban J connectivity index is 1.94. The second-order valence-corrected chi connectivity index (χ2v) is 8.30. The number of ketones is 1. The summed E-state index contributed by atoms with van der Waals surface area (Å²) in [6, 6.07) is 18.1. The normalized spacial score (nSPS) is 16.6. The Morgan fingerprint density at radius 1 is 1.03 bits per heavy atom. The molecule has 1 atom stereocenters. The summed E-state index contributed by atoms with van der Waals surface area (Å²) in [5.41, 5.74) is 4.73. The molecule has 1 N–H and O–H groups in total. The van der Waals surface area contributed by atoms with Gasteiger partial charge in [-0.25, -0.2) is 4.79 Å². The molecule has 5 heteroatoms. The number of Topliss-reactive ketones (excluding diaryl/α,β-unsaturated/α-hetero) is 1. The van der Waals surface area contributed by atoms with Gasteiger partial charge in [0.05, 0.1) is 12.7 Å². The third-order valence-electron chi connectivity index (χ3n) is 5.48. The molecule has 1 aliphatic heterocycles. The lowest BCUT2D eigenvalue weighted by molar-refractivity contribution is -0.136. The molecule has 2 aromatic carbocycles. The predicted molar refractivity (Wildman–Crippen MR) is 120 cm³/mol. The average molecular weight is 418 g/mol. The highest BCUT2D eigenvalue weighted by Crippen LogP contribution is 2.44. The van der Waals surface area contributed by atoms with Gasteiger partial charge in [0.25, 0.3) is 0 Å². The number of hydrogen-bond acceptors (Lipinski definition) is 5. The van der Waals surface area contributed by atoms with Gasteiger partial charge in [-0.3, -0.25) is 4.79 Å². The Hall–Kier alpha value is -3.18. The maximum absolute atomic E-state index is 12.9. The van der Waals surface area contributed by atoms with E-state index in [1.807, 2.05) is 55.5 Å². The van der Waals surface area contributed by atoms with Crippen molar-refractivity contribution in [2.24, 2.45) is 0 Å². The molecule has 4 nitrogen and oxygen atoms in total. The minimum atomic E-state index is -0.467. The lowest BCUT2D eigenvalue weighted by atomic mass is 9.78. The monoisotopic (exact) mass is 417 g/mol. The van der Waals surface area contributed by atoms with Crippen LogP contribution in [-0.4, -0.2) is 18.9 Å². The van der Waals surface area contributed by atoms with Crippen LogP contribution in [0, 0.1) is 0 Å². The van der Waals surface area contributed by atoms with E-state index in [0.29, 0.717) is 17.6 Å². The van der Waals surface area contributed by atoms with Crippen molar-refractivity contribution in [2.45, 2.75) is 26.2 Å². The molecule has 2 heterocycles. The second-order valence-electron chi connectivity index (χ2n) is 7.39. The summed E-state index contributed by atoms with van der Waals surface area (Å²) in [4.78, 5) is 25.7. The first-order valence-electron chi connectivity index (χ1n) is 9.81. The second kappa shape index (κ2) is 8.28. The van der Waals surface area contributed by atoms with Crippen LogP contribution < -0.4 is 5.32 Å². The highest BCUT2D eigenvalue weighted by atomic mass is 32.1. The molecule has 3 aromatic rings. The zero-order valence-corrected chi connectivity index (χ0v) is 18.0. The SMILES string of the molecule is COC(=O)C1=C(C)NC(Cc2ccccc2)=C(C(C)=O)C1c1csc2ccccc12. The average Bonchev–Trinajstić information content (AvgIpc) is 3.17. The number of benzene rings is 2. The number of methoxy groups -OCH3 is 1. The van der Waals surface area contributed by atoms with Crippen LogP contribution in [0.5, 0.6) is 0 Å². The van der Waals surface area contributed by atoms with Crippen LogP contribution in [-0.2, 0) is 20.7 Å². The molecule has 1 unspecified atom stereocenters. The molecule has 152 valence electrons. The quantitative estimate of drug-likeness (QED) is 0.586. The number of carbonyl (C=O) groups excluding carboxylic acids is 2. The molecule has 1 aliphatic rings. The Kier molecular flexibility index (Phi) is 5.55. The Morgan fingerprint density at radius 3 is 2.43 bits per heavy atom. The lowest BCUT2D eigenvalue weighted by Crippen LogP contribution is -2.32. The number of carbonyl (C=O) groups is 2. The van der Waals surface area contributed by atoms with Gasteiger partial charge in [0.2, 0.25) is 0 Å². The van der Waals surface area contributed by atoms with E-state index in [-0.39, 0.29) is 5.78 Å². The minimum Gasteiger partial charge on any atom is -0.466 e. The summed E-state index contributed by atoms with van der Waals surface area (Å²) < 4.78 is 6.24. The molecule has 30 heavy (non-hydrogen) atoms. The number of thiophene rings is 1. The summed E-state index contributed by atoms with van der Waals surface area (Å²) in [7, 11) is 1.38. The Labute approximate surface area is 179 Å². The minimum absolute atomic E-state index is 0.0531. The Bertz CT molecular complexity index is 1190. The van der Waals surface area contributed by atoms with E-state index < -0.39 is 11.9 Å². The van der Waals surface area contributed by atoms with Crippen LogP contribution >= 0.6 is 11.3 Å². The van der Waals surface area contributed by atoms with Crippen molar-refractivity contribution in [2.75, 3.05) is 7.11 Å². The van der Waals surface area contributed by atoms with Crippen molar-refractivity contribution < 1.29 is 14.3 Å². The summed E-state index contributed by atoms with van der Waals surface area (Å²) in [5, 5.41) is 6.45. The lowest BCUT2D eigenvalue weighted by Gasteiger charge is -2.31. The fraction of sp³-hybridized carbons (Fsp3) is 0.200. The maximum atomic E-state index is 12.9. The molecule has 0 saturated carbocycles. The predicted octanol–water partition coefficient (Wildman–Crippen LogP) is 5.12. The van der Waals surface area contributed by atoms with Crippen LogP contribution in [0.1, 0.15) is 30.9 Å². The molecule has 0 fully saturated rings. The van der Waals surface area contributed by atoms with Crippen molar-refractivity contribution in [1.82, 2.24) is 5.32 Å². The van der Waals surface area contributed by atoms with E-state index in [4.69, 9.17) is 4.74 Å². The number of dihydropyridines is 1. The van der Waals surface area contributed by atoms with Crippen molar-refractivity contribution >= 4 is 33.2 Å². The van der Waals surface area contributed by atoms with Crippen molar-refractivity contribution in [3.05, 3.63) is 93.6 Å². The van der Waals surface area contributed by atoms with Gasteiger partial charge in [-0.1, -0.05) is 48.5 Å². The fourth-order valence-corrected chi connectivity index (χ4v) is 5.15. The smallest absolute Gasteiger partial charge is 0.336 e. The van der Waals surface area contributed by atoms with Gasteiger partial charge in [-0.2, -0.15) is 0 Å². The molecule has 0 saturated heterocycles. The molecule has 4 rings (SSSR count). The van der Waals surface area contributed by atoms with E-state index in [2.05, 4.69) is 16.8 Å². The summed E-state index contributed by atoms with van der Waals surface area (Å²) in [6.45, 7) is 3.44. The van der Waals surface area contributed by atoms with Crippen LogP contribution in [0.4, 0.5) is 0 Å². The van der Waals surface area contributed by atoms with Crippen molar-refractivity contribution in [3.8, 4) is 0 Å². The number of rotatable bonds is 5. The van der Waals surface area contributed by atoms with Crippen LogP contribution in [0.3, 0.4) is 0 Å². The number of fused-ring (bicyclic) bond motifs is 1. The zero-order valence-electron chi connectivity index (χ0n) is 17.2. The van der Waals surface area contributed by atoms with E-state index in [1.54, 1.807) is 18.3 Å². The van der Waals surface area contributed by atoms with Gasteiger partial charge < -0.3 is 10.1 Å². The van der Waals surface area contributed by atoms with Gasteiger partial charge >= 0.3 is 5.97 Å². The topological polar surface area (TPSA) is 55.4 Å². The van der Waals surface area contributed by atoms with Crippen LogP contribution in [0.15, 0.2) is 82.5 Å². The molecule has 0 spiro atoms. The van der Waals surface area contributed by atoms with Gasteiger partial charge in [-0.15, -0.1) is 11.3 Å². The van der Waals surface area contributed by atoms with Crippen LogP contribution in [0.2, 0.25) is 0 Å². The first-order chi connectivity index (χ1) is 14.5. The van der Waals surface area contributed by atoms with Gasteiger partial charge in [0.1, 0.15) is 0 Å². The van der Waals surface area contributed by atoms with Gasteiger partial charge in [0, 0.05) is 34.0 Å². The number of allylic oxidation sites excluding steroid dienone is 3. The number of ether oxygens (including phenoxy) is 1.